The molecule has 0 spiro atoms. The van der Waals surface area contributed by atoms with Gasteiger partial charge in [0.05, 0.1) is 30.1 Å². The predicted octanol–water partition coefficient (Wildman–Crippen LogP) is 5.89. The number of benzene rings is 3. The molecule has 1 fully saturated rings. The second kappa shape index (κ2) is 9.70. The second-order valence-corrected chi connectivity index (χ2v) is 9.47. The molecule has 7 heteroatoms. The van der Waals surface area contributed by atoms with Gasteiger partial charge in [0.1, 0.15) is 17.1 Å². The molecule has 1 N–H and O–H groups in total. The maximum atomic E-state index is 13.3. The van der Waals surface area contributed by atoms with Gasteiger partial charge in [-0.15, -0.1) is 0 Å². The van der Waals surface area contributed by atoms with Crippen molar-refractivity contribution in [3.05, 3.63) is 104 Å². The number of hydrogen-bond donors (Lipinski definition) is 1. The average molecular weight is 504 g/mol. The summed E-state index contributed by atoms with van der Waals surface area (Å²) in [6.07, 6.45) is 4.45. The van der Waals surface area contributed by atoms with Gasteiger partial charge in [0.2, 0.25) is 5.43 Å². The number of fused-ring (bicyclic) bond motifs is 1. The van der Waals surface area contributed by atoms with Gasteiger partial charge in [-0.1, -0.05) is 35.9 Å². The van der Waals surface area contributed by atoms with E-state index in [0.29, 0.717) is 23.4 Å². The monoisotopic (exact) mass is 503 g/mol. The van der Waals surface area contributed by atoms with Crippen molar-refractivity contribution in [1.82, 2.24) is 4.57 Å². The Kier molecular flexibility index (Phi) is 6.46. The van der Waals surface area contributed by atoms with Gasteiger partial charge < -0.3 is 19.1 Å². The molecule has 6 nitrogen and oxygen atoms in total. The molecule has 5 rings (SSSR count). The third kappa shape index (κ3) is 4.56. The quantitative estimate of drug-likeness (QED) is 0.324. The van der Waals surface area contributed by atoms with Crippen molar-refractivity contribution in [2.75, 3.05) is 14.2 Å². The summed E-state index contributed by atoms with van der Waals surface area (Å²) in [6.45, 7) is 0. The predicted molar refractivity (Wildman–Crippen MR) is 140 cm³/mol. The summed E-state index contributed by atoms with van der Waals surface area (Å²) in [5.41, 5.74) is 3.76. The standard InChI is InChI=1S/C29H26ClNO5/c1-35-21-9-3-17(4-10-21)13-19-15-25-26(28(32)24(29(33)34)16-31(25)20-7-8-20)27(30)23(19)14-18-5-11-22(36-2)12-6-18/h3-6,9-12,15-16,20H,7-8,13-14H2,1-2H3,(H,33,34). The van der Waals surface area contributed by atoms with E-state index in [1.807, 2.05) is 59.2 Å². The van der Waals surface area contributed by atoms with Crippen LogP contribution in [0.15, 0.2) is 65.6 Å². The molecular weight excluding hydrogens is 478 g/mol. The summed E-state index contributed by atoms with van der Waals surface area (Å²) in [7, 11) is 3.25. The van der Waals surface area contributed by atoms with Gasteiger partial charge in [0.25, 0.3) is 0 Å². The van der Waals surface area contributed by atoms with Crippen molar-refractivity contribution in [3.8, 4) is 11.5 Å². The summed E-state index contributed by atoms with van der Waals surface area (Å²) in [4.78, 5) is 25.2. The molecule has 1 aliphatic rings. The number of methoxy groups -OCH3 is 2. The number of pyridine rings is 1. The van der Waals surface area contributed by atoms with Crippen molar-refractivity contribution in [2.45, 2.75) is 31.7 Å². The molecule has 0 aliphatic heterocycles. The largest absolute Gasteiger partial charge is 0.497 e. The van der Waals surface area contributed by atoms with E-state index in [2.05, 4.69) is 0 Å². The van der Waals surface area contributed by atoms with Crippen molar-refractivity contribution in [1.29, 1.82) is 0 Å². The Morgan fingerprint density at radius 2 is 1.53 bits per heavy atom. The second-order valence-electron chi connectivity index (χ2n) is 9.09. The SMILES string of the molecule is COc1ccc(Cc2cc3c(c(Cl)c2Cc2ccc(OC)cc2)c(=O)c(C(=O)O)cn3C2CC2)cc1. The van der Waals surface area contributed by atoms with Crippen LogP contribution in [0.4, 0.5) is 0 Å². The average Bonchev–Trinajstić information content (AvgIpc) is 3.72. The van der Waals surface area contributed by atoms with E-state index < -0.39 is 11.4 Å². The molecule has 1 saturated carbocycles. The molecule has 36 heavy (non-hydrogen) atoms. The van der Waals surface area contributed by atoms with E-state index in [0.717, 1.165) is 46.6 Å². The van der Waals surface area contributed by atoms with Crippen LogP contribution in [0.5, 0.6) is 11.5 Å². The number of carbonyl (C=O) groups is 1. The summed E-state index contributed by atoms with van der Waals surface area (Å²) in [5, 5.41) is 10.3. The number of halogens is 1. The lowest BCUT2D eigenvalue weighted by Crippen LogP contribution is -2.20. The van der Waals surface area contributed by atoms with Crippen LogP contribution in [0.3, 0.4) is 0 Å². The first-order valence-electron chi connectivity index (χ1n) is 11.8. The molecule has 1 heterocycles. The first-order valence-corrected chi connectivity index (χ1v) is 12.2. The minimum Gasteiger partial charge on any atom is -0.497 e. The highest BCUT2D eigenvalue weighted by atomic mass is 35.5. The lowest BCUT2D eigenvalue weighted by atomic mass is 9.92. The Bertz CT molecular complexity index is 1500. The summed E-state index contributed by atoms with van der Waals surface area (Å²) in [5.74, 6) is 0.282. The van der Waals surface area contributed by atoms with Crippen LogP contribution in [0.1, 0.15) is 51.5 Å². The summed E-state index contributed by atoms with van der Waals surface area (Å²) >= 11 is 7.00. The van der Waals surface area contributed by atoms with E-state index in [1.165, 1.54) is 6.20 Å². The highest BCUT2D eigenvalue weighted by Gasteiger charge is 2.28. The highest BCUT2D eigenvalue weighted by Crippen LogP contribution is 2.40. The van der Waals surface area contributed by atoms with Gasteiger partial charge in [-0.05, 0) is 78.3 Å². The Morgan fingerprint density at radius 1 is 0.972 bits per heavy atom. The Morgan fingerprint density at radius 3 is 2.03 bits per heavy atom. The Balaban J connectivity index is 1.72. The van der Waals surface area contributed by atoms with Crippen LogP contribution in [0, 0.1) is 0 Å². The number of carboxylic acid groups (broad SMARTS) is 1. The number of carboxylic acids is 1. The van der Waals surface area contributed by atoms with Gasteiger partial charge in [0, 0.05) is 12.2 Å². The van der Waals surface area contributed by atoms with Crippen molar-refractivity contribution in [2.24, 2.45) is 0 Å². The summed E-state index contributed by atoms with van der Waals surface area (Å²) < 4.78 is 12.5. The number of nitrogens with zero attached hydrogens (tertiary/aromatic N) is 1. The molecule has 3 aromatic carbocycles. The number of aromatic carboxylic acids is 1. The topological polar surface area (TPSA) is 77.8 Å². The van der Waals surface area contributed by atoms with Gasteiger partial charge in [-0.25, -0.2) is 4.79 Å². The molecular formula is C29H26ClNO5. The number of aromatic nitrogens is 1. The Hall–Kier alpha value is -3.77. The maximum absolute atomic E-state index is 13.3. The van der Waals surface area contributed by atoms with Crippen molar-refractivity contribution < 1.29 is 19.4 Å². The smallest absolute Gasteiger partial charge is 0.341 e. The van der Waals surface area contributed by atoms with Gasteiger partial charge in [-0.3, -0.25) is 4.79 Å². The van der Waals surface area contributed by atoms with Gasteiger partial charge >= 0.3 is 5.97 Å². The molecule has 0 unspecified atom stereocenters. The first kappa shape index (κ1) is 23.9. The fourth-order valence-corrected chi connectivity index (χ4v) is 4.99. The van der Waals surface area contributed by atoms with Crippen LogP contribution in [-0.4, -0.2) is 29.9 Å². The molecule has 0 atom stereocenters. The van der Waals surface area contributed by atoms with Crippen molar-refractivity contribution in [3.63, 3.8) is 0 Å². The van der Waals surface area contributed by atoms with E-state index in [-0.39, 0.29) is 17.0 Å². The third-order valence-electron chi connectivity index (χ3n) is 6.72. The summed E-state index contributed by atoms with van der Waals surface area (Å²) in [6, 6.07) is 17.7. The molecule has 0 radical (unpaired) electrons. The van der Waals surface area contributed by atoms with Crippen LogP contribution in [0.25, 0.3) is 10.9 Å². The molecule has 0 bridgehead atoms. The normalized spacial score (nSPS) is 13.1. The fourth-order valence-electron chi connectivity index (χ4n) is 4.62. The lowest BCUT2D eigenvalue weighted by Gasteiger charge is -2.19. The van der Waals surface area contributed by atoms with E-state index in [4.69, 9.17) is 21.1 Å². The van der Waals surface area contributed by atoms with E-state index in [9.17, 15) is 14.7 Å². The zero-order chi connectivity index (χ0) is 25.4. The molecule has 0 saturated heterocycles. The highest BCUT2D eigenvalue weighted by molar-refractivity contribution is 6.36. The van der Waals surface area contributed by atoms with Crippen LogP contribution < -0.4 is 14.9 Å². The fraction of sp³-hybridized carbons (Fsp3) is 0.241. The van der Waals surface area contributed by atoms with E-state index in [1.54, 1.807) is 14.2 Å². The lowest BCUT2D eigenvalue weighted by molar-refractivity contribution is 0.0695. The maximum Gasteiger partial charge on any atom is 0.341 e. The third-order valence-corrected chi connectivity index (χ3v) is 7.14. The van der Waals surface area contributed by atoms with Crippen LogP contribution in [-0.2, 0) is 12.8 Å². The van der Waals surface area contributed by atoms with Crippen LogP contribution >= 0.6 is 11.6 Å². The zero-order valence-electron chi connectivity index (χ0n) is 20.1. The molecule has 4 aromatic rings. The van der Waals surface area contributed by atoms with E-state index >= 15 is 0 Å². The van der Waals surface area contributed by atoms with Crippen LogP contribution in [0.2, 0.25) is 5.02 Å². The molecule has 184 valence electrons. The number of ether oxygens (including phenoxy) is 2. The minimum atomic E-state index is -1.24. The van der Waals surface area contributed by atoms with Gasteiger partial charge in [-0.2, -0.15) is 0 Å². The molecule has 1 aromatic heterocycles. The molecule has 1 aliphatic carbocycles. The minimum absolute atomic E-state index is 0.170. The first-order chi connectivity index (χ1) is 17.4. The van der Waals surface area contributed by atoms with Crippen molar-refractivity contribution >= 4 is 28.5 Å². The van der Waals surface area contributed by atoms with Gasteiger partial charge in [0.15, 0.2) is 0 Å². The zero-order valence-corrected chi connectivity index (χ0v) is 20.8. The molecule has 0 amide bonds. The Labute approximate surface area is 213 Å². The number of rotatable bonds is 8. The number of hydrogen-bond acceptors (Lipinski definition) is 4.